The summed E-state index contributed by atoms with van der Waals surface area (Å²) in [5.41, 5.74) is 0. The molecule has 0 bridgehead atoms. The molecule has 2 nitrogen and oxygen atoms in total. The Hall–Kier alpha value is -0.900. The molecule has 0 unspecified atom stereocenters. The molecular formula is C13H19FO2S. The summed E-state index contributed by atoms with van der Waals surface area (Å²) in [6.07, 6.45) is 4.91. The van der Waals surface area contributed by atoms with Crippen LogP contribution in [0.3, 0.4) is 0 Å². The van der Waals surface area contributed by atoms with E-state index in [1.165, 1.54) is 18.2 Å². The number of hydrogen-bond donors (Lipinski definition) is 0. The van der Waals surface area contributed by atoms with Gasteiger partial charge in [0.25, 0.3) is 0 Å². The third-order valence-corrected chi connectivity index (χ3v) is 4.47. The van der Waals surface area contributed by atoms with Crippen LogP contribution in [0.15, 0.2) is 29.2 Å². The number of hydrogen-bond acceptors (Lipinski definition) is 2. The zero-order chi connectivity index (χ0) is 12.7. The molecule has 0 aliphatic carbocycles. The lowest BCUT2D eigenvalue weighted by molar-refractivity contribution is 0.583. The van der Waals surface area contributed by atoms with Crippen LogP contribution in [0.2, 0.25) is 0 Å². The molecule has 4 heteroatoms. The molecule has 0 saturated carbocycles. The highest BCUT2D eigenvalue weighted by atomic mass is 32.2. The monoisotopic (exact) mass is 258 g/mol. The van der Waals surface area contributed by atoms with Crippen molar-refractivity contribution in [3.63, 3.8) is 0 Å². The molecule has 0 radical (unpaired) electrons. The van der Waals surface area contributed by atoms with E-state index in [1.807, 2.05) is 0 Å². The average molecular weight is 258 g/mol. The second-order valence-corrected chi connectivity index (χ2v) is 6.30. The van der Waals surface area contributed by atoms with Crippen molar-refractivity contribution in [1.82, 2.24) is 0 Å². The van der Waals surface area contributed by atoms with Crippen molar-refractivity contribution in [3.8, 4) is 0 Å². The lowest BCUT2D eigenvalue weighted by Crippen LogP contribution is -2.07. The van der Waals surface area contributed by atoms with Crippen LogP contribution in [0.5, 0.6) is 0 Å². The Bertz CT molecular complexity index is 440. The van der Waals surface area contributed by atoms with Crippen LogP contribution in [-0.2, 0) is 9.84 Å². The maximum Gasteiger partial charge on any atom is 0.178 e. The van der Waals surface area contributed by atoms with Gasteiger partial charge in [0.2, 0.25) is 0 Å². The van der Waals surface area contributed by atoms with Gasteiger partial charge in [0.15, 0.2) is 9.84 Å². The van der Waals surface area contributed by atoms with Gasteiger partial charge in [-0.25, -0.2) is 12.8 Å². The first-order valence-electron chi connectivity index (χ1n) is 6.04. The van der Waals surface area contributed by atoms with E-state index >= 15 is 0 Å². The lowest BCUT2D eigenvalue weighted by Gasteiger charge is -2.04. The molecule has 0 heterocycles. The van der Waals surface area contributed by atoms with Gasteiger partial charge < -0.3 is 0 Å². The summed E-state index contributed by atoms with van der Waals surface area (Å²) in [5.74, 6) is -0.391. The predicted molar refractivity (Wildman–Crippen MR) is 67.2 cm³/mol. The van der Waals surface area contributed by atoms with E-state index in [0.717, 1.165) is 31.7 Å². The number of halogens is 1. The average Bonchev–Trinajstić information content (AvgIpc) is 2.29. The highest BCUT2D eigenvalue weighted by Crippen LogP contribution is 2.14. The molecule has 0 N–H and O–H groups in total. The fourth-order valence-corrected chi connectivity index (χ4v) is 3.07. The normalized spacial score (nSPS) is 11.6. The third-order valence-electron chi connectivity index (χ3n) is 2.67. The summed E-state index contributed by atoms with van der Waals surface area (Å²) >= 11 is 0. The predicted octanol–water partition coefficient (Wildman–Crippen LogP) is 3.57. The maximum absolute atomic E-state index is 12.9. The van der Waals surface area contributed by atoms with E-state index in [9.17, 15) is 12.8 Å². The summed E-state index contributed by atoms with van der Waals surface area (Å²) in [6, 6.07) is 5.21. The molecule has 0 amide bonds. The molecule has 1 aromatic carbocycles. The van der Waals surface area contributed by atoms with Gasteiger partial charge >= 0.3 is 0 Å². The summed E-state index contributed by atoms with van der Waals surface area (Å²) < 4.78 is 36.6. The topological polar surface area (TPSA) is 34.1 Å². The summed E-state index contributed by atoms with van der Waals surface area (Å²) in [4.78, 5) is 0.0907. The Morgan fingerprint density at radius 2 is 1.82 bits per heavy atom. The highest BCUT2D eigenvalue weighted by Gasteiger charge is 2.14. The largest absolute Gasteiger partial charge is 0.224 e. The molecule has 0 aliphatic heterocycles. The fraction of sp³-hybridized carbons (Fsp3) is 0.538. The molecule has 1 aromatic rings. The van der Waals surface area contributed by atoms with Gasteiger partial charge in [-0.15, -0.1) is 0 Å². The molecule has 17 heavy (non-hydrogen) atoms. The van der Waals surface area contributed by atoms with Gasteiger partial charge in [0.05, 0.1) is 10.6 Å². The number of unbranched alkanes of at least 4 members (excludes halogenated alkanes) is 4. The van der Waals surface area contributed by atoms with Crippen LogP contribution in [0.1, 0.15) is 39.0 Å². The van der Waals surface area contributed by atoms with Crippen molar-refractivity contribution in [1.29, 1.82) is 0 Å². The minimum atomic E-state index is -3.31. The van der Waals surface area contributed by atoms with Crippen molar-refractivity contribution in [2.45, 2.75) is 43.9 Å². The van der Waals surface area contributed by atoms with Crippen molar-refractivity contribution in [2.24, 2.45) is 0 Å². The minimum absolute atomic E-state index is 0.0907. The first-order chi connectivity index (χ1) is 8.06. The van der Waals surface area contributed by atoms with Gasteiger partial charge in [0.1, 0.15) is 5.82 Å². The molecule has 96 valence electrons. The molecule has 0 saturated heterocycles. The fourth-order valence-electron chi connectivity index (χ4n) is 1.67. The molecule has 0 atom stereocenters. The van der Waals surface area contributed by atoms with Gasteiger partial charge in [-0.3, -0.25) is 0 Å². The zero-order valence-electron chi connectivity index (χ0n) is 10.2. The summed E-state index contributed by atoms with van der Waals surface area (Å²) in [7, 11) is -3.31. The van der Waals surface area contributed by atoms with Crippen LogP contribution in [-0.4, -0.2) is 14.2 Å². The van der Waals surface area contributed by atoms with Crippen LogP contribution in [0, 0.1) is 5.82 Å². The van der Waals surface area contributed by atoms with Crippen LogP contribution in [0.4, 0.5) is 4.39 Å². The Morgan fingerprint density at radius 3 is 2.47 bits per heavy atom. The standard InChI is InChI=1S/C13H19FO2S/c1-2-3-4-5-6-10-17(15,16)13-9-7-8-12(14)11-13/h7-9,11H,2-6,10H2,1H3. The van der Waals surface area contributed by atoms with Crippen molar-refractivity contribution < 1.29 is 12.8 Å². The maximum atomic E-state index is 12.9. The quantitative estimate of drug-likeness (QED) is 0.701. The SMILES string of the molecule is CCCCCCCS(=O)(=O)c1cccc(F)c1. The molecular weight excluding hydrogens is 239 g/mol. The van der Waals surface area contributed by atoms with Crippen molar-refractivity contribution in [2.75, 3.05) is 5.75 Å². The van der Waals surface area contributed by atoms with E-state index in [1.54, 1.807) is 0 Å². The summed E-state index contributed by atoms with van der Waals surface area (Å²) in [6.45, 7) is 2.11. The van der Waals surface area contributed by atoms with Crippen LogP contribution in [0.25, 0.3) is 0 Å². The van der Waals surface area contributed by atoms with E-state index in [4.69, 9.17) is 0 Å². The van der Waals surface area contributed by atoms with Gasteiger partial charge in [0, 0.05) is 0 Å². The minimum Gasteiger partial charge on any atom is -0.224 e. The number of sulfone groups is 1. The van der Waals surface area contributed by atoms with E-state index in [2.05, 4.69) is 6.92 Å². The Morgan fingerprint density at radius 1 is 1.12 bits per heavy atom. The van der Waals surface area contributed by atoms with Crippen LogP contribution >= 0.6 is 0 Å². The van der Waals surface area contributed by atoms with Gasteiger partial charge in [-0.2, -0.15) is 0 Å². The van der Waals surface area contributed by atoms with Crippen molar-refractivity contribution in [3.05, 3.63) is 30.1 Å². The molecule has 1 rings (SSSR count). The highest BCUT2D eigenvalue weighted by molar-refractivity contribution is 7.91. The van der Waals surface area contributed by atoms with Gasteiger partial charge in [-0.1, -0.05) is 38.7 Å². The number of benzene rings is 1. The smallest absolute Gasteiger partial charge is 0.178 e. The van der Waals surface area contributed by atoms with E-state index in [0.29, 0.717) is 6.42 Å². The first kappa shape index (κ1) is 14.2. The van der Waals surface area contributed by atoms with E-state index in [-0.39, 0.29) is 10.6 Å². The molecule has 0 aliphatic rings. The molecule has 0 aromatic heterocycles. The second kappa shape index (κ2) is 6.74. The molecule has 0 fully saturated rings. The Labute approximate surface area is 103 Å². The molecule has 0 spiro atoms. The van der Waals surface area contributed by atoms with Crippen molar-refractivity contribution >= 4 is 9.84 Å². The zero-order valence-corrected chi connectivity index (χ0v) is 11.0. The van der Waals surface area contributed by atoms with E-state index < -0.39 is 15.7 Å². The Kier molecular flexibility index (Phi) is 5.62. The Balaban J connectivity index is 2.51. The third kappa shape index (κ3) is 4.86. The van der Waals surface area contributed by atoms with Gasteiger partial charge in [-0.05, 0) is 24.6 Å². The lowest BCUT2D eigenvalue weighted by atomic mass is 10.2. The second-order valence-electron chi connectivity index (χ2n) is 4.19. The van der Waals surface area contributed by atoms with Crippen LogP contribution < -0.4 is 0 Å². The first-order valence-corrected chi connectivity index (χ1v) is 7.70. The number of rotatable bonds is 7. The summed E-state index contributed by atoms with van der Waals surface area (Å²) in [5, 5.41) is 0.